The van der Waals surface area contributed by atoms with Gasteiger partial charge in [-0.3, -0.25) is 5.41 Å². The van der Waals surface area contributed by atoms with Gasteiger partial charge in [-0.05, 0) is 61.7 Å². The molecule has 0 bridgehead atoms. The summed E-state index contributed by atoms with van der Waals surface area (Å²) in [6.07, 6.45) is 2.08. The normalized spacial score (nSPS) is 16.5. The Bertz CT molecular complexity index is 1120. The third-order valence-electron chi connectivity index (χ3n) is 5.91. The second-order valence-electron chi connectivity index (χ2n) is 8.27. The first-order chi connectivity index (χ1) is 14.9. The van der Waals surface area contributed by atoms with Crippen LogP contribution in [0, 0.1) is 5.41 Å². The summed E-state index contributed by atoms with van der Waals surface area (Å²) >= 11 is 0. The number of piperidine rings is 1. The molecule has 1 heterocycles. The Morgan fingerprint density at radius 3 is 2.55 bits per heavy atom. The van der Waals surface area contributed by atoms with Crippen LogP contribution in [0.3, 0.4) is 0 Å². The van der Waals surface area contributed by atoms with Gasteiger partial charge in [0.25, 0.3) is 0 Å². The second kappa shape index (κ2) is 9.20. The smallest absolute Gasteiger partial charge is 0.133 e. The summed E-state index contributed by atoms with van der Waals surface area (Å²) in [5, 5.41) is 10.5. The zero-order valence-corrected chi connectivity index (χ0v) is 18.8. The number of nitrogens with zero attached hydrogens (tertiary/aromatic N) is 1. The maximum absolute atomic E-state index is 13.3. The second-order valence-corrected chi connectivity index (χ2v) is 9.66. The van der Waals surface area contributed by atoms with E-state index in [1.807, 2.05) is 48.5 Å². The maximum atomic E-state index is 13.3. The number of anilines is 1. The van der Waals surface area contributed by atoms with Gasteiger partial charge in [-0.2, -0.15) is 0 Å². The van der Waals surface area contributed by atoms with Crippen LogP contribution >= 0.6 is 0 Å². The minimum absolute atomic E-state index is 0.00562. The molecule has 0 aromatic heterocycles. The molecule has 162 valence electrons. The van der Waals surface area contributed by atoms with Crippen LogP contribution in [-0.4, -0.2) is 39.4 Å². The molecule has 1 unspecified atom stereocenters. The summed E-state index contributed by atoms with van der Waals surface area (Å²) in [4.78, 5) is 3.08. The zero-order valence-electron chi connectivity index (χ0n) is 18.0. The molecule has 1 saturated heterocycles. The monoisotopic (exact) mass is 435 g/mol. The number of fused-ring (bicyclic) bond motifs is 1. The average Bonchev–Trinajstić information content (AvgIpc) is 2.79. The van der Waals surface area contributed by atoms with E-state index in [4.69, 9.17) is 15.9 Å². The SMILES string of the molecule is CC(C)N1CCC(Oc2ccc(N)c(C(=N)S(=O)c3cccc4ccccc34)c2)CC1. The molecule has 0 spiro atoms. The van der Waals surface area contributed by atoms with Gasteiger partial charge in [-0.15, -0.1) is 0 Å². The van der Waals surface area contributed by atoms with Crippen LogP contribution in [0.2, 0.25) is 0 Å². The van der Waals surface area contributed by atoms with Crippen molar-refractivity contribution < 1.29 is 8.95 Å². The van der Waals surface area contributed by atoms with Crippen molar-refractivity contribution in [1.29, 1.82) is 5.41 Å². The van der Waals surface area contributed by atoms with Crippen LogP contribution in [-0.2, 0) is 10.8 Å². The fourth-order valence-electron chi connectivity index (χ4n) is 4.07. The van der Waals surface area contributed by atoms with Crippen LogP contribution in [0.25, 0.3) is 10.8 Å². The molecule has 1 fully saturated rings. The van der Waals surface area contributed by atoms with Gasteiger partial charge in [-0.25, -0.2) is 4.21 Å². The van der Waals surface area contributed by atoms with E-state index < -0.39 is 10.8 Å². The molecule has 0 radical (unpaired) electrons. The average molecular weight is 436 g/mol. The number of nitrogens with two attached hydrogens (primary N) is 1. The van der Waals surface area contributed by atoms with Crippen LogP contribution in [0.1, 0.15) is 32.3 Å². The van der Waals surface area contributed by atoms with Crippen molar-refractivity contribution in [2.75, 3.05) is 18.8 Å². The summed E-state index contributed by atoms with van der Waals surface area (Å²) in [6, 6.07) is 19.3. The number of ether oxygens (including phenoxy) is 1. The minimum atomic E-state index is -1.65. The first kappa shape index (κ1) is 21.5. The van der Waals surface area contributed by atoms with Gasteiger partial charge in [0.05, 0.1) is 4.90 Å². The van der Waals surface area contributed by atoms with Crippen molar-refractivity contribution in [1.82, 2.24) is 4.90 Å². The van der Waals surface area contributed by atoms with E-state index in [0.29, 0.717) is 27.9 Å². The molecule has 3 aromatic rings. The van der Waals surface area contributed by atoms with Gasteiger partial charge < -0.3 is 15.4 Å². The van der Waals surface area contributed by atoms with E-state index >= 15 is 0 Å². The van der Waals surface area contributed by atoms with Gasteiger partial charge in [-0.1, -0.05) is 36.4 Å². The van der Waals surface area contributed by atoms with E-state index in [0.717, 1.165) is 36.7 Å². The minimum Gasteiger partial charge on any atom is -0.490 e. The largest absolute Gasteiger partial charge is 0.490 e. The first-order valence-corrected chi connectivity index (χ1v) is 11.9. The molecule has 5 nitrogen and oxygen atoms in total. The van der Waals surface area contributed by atoms with Crippen molar-refractivity contribution in [2.45, 2.75) is 43.7 Å². The summed E-state index contributed by atoms with van der Waals surface area (Å²) in [5.41, 5.74) is 7.06. The van der Waals surface area contributed by atoms with Gasteiger partial charge in [0.1, 0.15) is 27.7 Å². The number of likely N-dealkylation sites (tertiary alicyclic amines) is 1. The summed E-state index contributed by atoms with van der Waals surface area (Å²) < 4.78 is 19.5. The Labute approximate surface area is 186 Å². The molecule has 6 heteroatoms. The quantitative estimate of drug-likeness (QED) is 0.343. The summed E-state index contributed by atoms with van der Waals surface area (Å²) in [5.74, 6) is 0.673. The molecule has 3 aromatic carbocycles. The molecule has 0 aliphatic carbocycles. The molecule has 4 rings (SSSR count). The van der Waals surface area contributed by atoms with Crippen molar-refractivity contribution in [3.63, 3.8) is 0 Å². The topological polar surface area (TPSA) is 79.4 Å². The highest BCUT2D eigenvalue weighted by molar-refractivity contribution is 8.01. The molecular weight excluding hydrogens is 406 g/mol. The molecule has 3 N–H and O–H groups in total. The van der Waals surface area contributed by atoms with Gasteiger partial charge in [0.15, 0.2) is 0 Å². The number of nitrogens with one attached hydrogen (secondary N) is 1. The Balaban J connectivity index is 1.54. The van der Waals surface area contributed by atoms with Crippen molar-refractivity contribution in [3.05, 3.63) is 66.2 Å². The van der Waals surface area contributed by atoms with Crippen LogP contribution in [0.15, 0.2) is 65.6 Å². The van der Waals surface area contributed by atoms with E-state index in [1.165, 1.54) is 0 Å². The Morgan fingerprint density at radius 2 is 1.81 bits per heavy atom. The highest BCUT2D eigenvalue weighted by Crippen LogP contribution is 2.28. The third-order valence-corrected chi connectivity index (χ3v) is 7.26. The lowest BCUT2D eigenvalue weighted by molar-refractivity contribution is 0.0843. The molecule has 1 aliphatic heterocycles. The number of nitrogen functional groups attached to an aromatic ring is 1. The molecular formula is C25H29N3O2S. The third kappa shape index (κ3) is 4.65. The number of hydrogen-bond acceptors (Lipinski definition) is 5. The highest BCUT2D eigenvalue weighted by atomic mass is 32.2. The lowest BCUT2D eigenvalue weighted by atomic mass is 10.1. The lowest BCUT2D eigenvalue weighted by Crippen LogP contribution is -2.41. The standard InChI is InChI=1S/C25H29N3O2S/c1-17(2)28-14-12-19(13-15-28)30-20-10-11-23(26)22(16-20)25(27)31(29)24-9-5-7-18-6-3-4-8-21(18)24/h3-11,16-17,19,27H,12-15,26H2,1-2H3. The van der Waals surface area contributed by atoms with E-state index in [1.54, 1.807) is 12.1 Å². The van der Waals surface area contributed by atoms with Gasteiger partial charge in [0.2, 0.25) is 0 Å². The van der Waals surface area contributed by atoms with Crippen molar-refractivity contribution in [3.8, 4) is 5.75 Å². The Hall–Kier alpha value is -2.70. The van der Waals surface area contributed by atoms with Crippen LogP contribution < -0.4 is 10.5 Å². The number of benzene rings is 3. The lowest BCUT2D eigenvalue weighted by Gasteiger charge is -2.34. The number of hydrogen-bond donors (Lipinski definition) is 2. The van der Waals surface area contributed by atoms with Crippen LogP contribution in [0.4, 0.5) is 5.69 Å². The molecule has 31 heavy (non-hydrogen) atoms. The van der Waals surface area contributed by atoms with Crippen molar-refractivity contribution in [2.24, 2.45) is 0 Å². The highest BCUT2D eigenvalue weighted by Gasteiger charge is 2.23. The van der Waals surface area contributed by atoms with Crippen molar-refractivity contribution >= 4 is 32.3 Å². The fourth-order valence-corrected chi connectivity index (χ4v) is 5.26. The van der Waals surface area contributed by atoms with E-state index in [9.17, 15) is 4.21 Å². The fraction of sp³-hybridized carbons (Fsp3) is 0.320. The summed E-state index contributed by atoms with van der Waals surface area (Å²) in [6.45, 7) is 6.47. The predicted molar refractivity (Wildman–Crippen MR) is 128 cm³/mol. The van der Waals surface area contributed by atoms with E-state index in [-0.39, 0.29) is 11.1 Å². The van der Waals surface area contributed by atoms with Gasteiger partial charge >= 0.3 is 0 Å². The molecule has 0 saturated carbocycles. The van der Waals surface area contributed by atoms with E-state index in [2.05, 4.69) is 18.7 Å². The molecule has 1 aliphatic rings. The summed E-state index contributed by atoms with van der Waals surface area (Å²) in [7, 11) is -1.65. The zero-order chi connectivity index (χ0) is 22.0. The maximum Gasteiger partial charge on any atom is 0.133 e. The first-order valence-electron chi connectivity index (χ1n) is 10.7. The Morgan fingerprint density at radius 1 is 1.10 bits per heavy atom. The van der Waals surface area contributed by atoms with Crippen LogP contribution in [0.5, 0.6) is 5.75 Å². The Kier molecular flexibility index (Phi) is 6.39. The predicted octanol–water partition coefficient (Wildman–Crippen LogP) is 4.81. The molecule has 1 atom stereocenters. The molecule has 0 amide bonds. The van der Waals surface area contributed by atoms with Gasteiger partial charge in [0, 0.05) is 30.4 Å². The number of rotatable bonds is 5.